The number of nitrogens with one attached hydrogen (secondary N) is 1. The van der Waals surface area contributed by atoms with E-state index < -0.39 is 0 Å². The van der Waals surface area contributed by atoms with E-state index in [1.807, 2.05) is 30.3 Å². The summed E-state index contributed by atoms with van der Waals surface area (Å²) in [6, 6.07) is 26.9. The lowest BCUT2D eigenvalue weighted by atomic mass is 10.1. The molecule has 3 nitrogen and oxygen atoms in total. The quantitative estimate of drug-likeness (QED) is 0.392. The summed E-state index contributed by atoms with van der Waals surface area (Å²) in [6.07, 6.45) is 0. The van der Waals surface area contributed by atoms with E-state index in [-0.39, 0.29) is 0 Å². The van der Waals surface area contributed by atoms with Gasteiger partial charge in [-0.1, -0.05) is 66.7 Å². The Morgan fingerprint density at radius 2 is 1.56 bits per heavy atom. The SMILES string of the molecule is Cc1cc2c(Nc3cccc4ccccc34)nc(-c3ccccc3)nc2s1. The normalized spacial score (nSPS) is 11.1. The van der Waals surface area contributed by atoms with Crippen LogP contribution in [0.3, 0.4) is 0 Å². The number of anilines is 2. The highest BCUT2D eigenvalue weighted by atomic mass is 32.1. The minimum Gasteiger partial charge on any atom is -0.339 e. The van der Waals surface area contributed by atoms with Crippen LogP contribution < -0.4 is 5.32 Å². The summed E-state index contributed by atoms with van der Waals surface area (Å²) in [6.45, 7) is 2.11. The van der Waals surface area contributed by atoms with Gasteiger partial charge >= 0.3 is 0 Å². The molecule has 0 spiro atoms. The van der Waals surface area contributed by atoms with Crippen molar-refractivity contribution in [2.45, 2.75) is 6.92 Å². The average Bonchev–Trinajstić information content (AvgIpc) is 3.09. The standard InChI is InChI=1S/C23H17N3S/c1-15-14-19-22(24-20-13-7-11-16-8-5-6-12-18(16)20)25-21(26-23(19)27-15)17-9-3-2-4-10-17/h2-14H,1H3,(H,24,25,26). The van der Waals surface area contributed by atoms with Crippen LogP contribution in [0.25, 0.3) is 32.4 Å². The number of hydrogen-bond donors (Lipinski definition) is 1. The molecular formula is C23H17N3S. The molecular weight excluding hydrogens is 350 g/mol. The van der Waals surface area contributed by atoms with E-state index >= 15 is 0 Å². The topological polar surface area (TPSA) is 37.8 Å². The van der Waals surface area contributed by atoms with Crippen molar-refractivity contribution in [1.29, 1.82) is 0 Å². The smallest absolute Gasteiger partial charge is 0.163 e. The summed E-state index contributed by atoms with van der Waals surface area (Å²) >= 11 is 1.70. The van der Waals surface area contributed by atoms with Crippen LogP contribution in [0.4, 0.5) is 11.5 Å². The Morgan fingerprint density at radius 1 is 0.778 bits per heavy atom. The van der Waals surface area contributed by atoms with Crippen LogP contribution in [0.15, 0.2) is 78.9 Å². The molecule has 5 rings (SSSR count). The molecule has 0 aliphatic rings. The van der Waals surface area contributed by atoms with Crippen LogP contribution in [0.2, 0.25) is 0 Å². The maximum Gasteiger partial charge on any atom is 0.163 e. The molecule has 0 saturated heterocycles. The molecule has 2 aromatic heterocycles. The molecule has 5 aromatic rings. The molecule has 0 unspecified atom stereocenters. The summed E-state index contributed by atoms with van der Waals surface area (Å²) in [4.78, 5) is 11.9. The van der Waals surface area contributed by atoms with Crippen molar-refractivity contribution in [2.24, 2.45) is 0 Å². The van der Waals surface area contributed by atoms with Crippen LogP contribution in [-0.2, 0) is 0 Å². The molecule has 27 heavy (non-hydrogen) atoms. The number of aryl methyl sites for hydroxylation is 1. The van der Waals surface area contributed by atoms with E-state index in [0.29, 0.717) is 0 Å². The highest BCUT2D eigenvalue weighted by molar-refractivity contribution is 7.18. The lowest BCUT2D eigenvalue weighted by molar-refractivity contribution is 1.23. The molecule has 0 bridgehead atoms. The Morgan fingerprint density at radius 3 is 2.44 bits per heavy atom. The van der Waals surface area contributed by atoms with Gasteiger partial charge in [-0.25, -0.2) is 9.97 Å². The first-order valence-corrected chi connectivity index (χ1v) is 9.68. The summed E-state index contributed by atoms with van der Waals surface area (Å²) < 4.78 is 0. The number of hydrogen-bond acceptors (Lipinski definition) is 4. The summed E-state index contributed by atoms with van der Waals surface area (Å²) in [5, 5.41) is 7.02. The summed E-state index contributed by atoms with van der Waals surface area (Å²) in [5.41, 5.74) is 2.07. The van der Waals surface area contributed by atoms with Crippen molar-refractivity contribution < 1.29 is 0 Å². The van der Waals surface area contributed by atoms with E-state index in [4.69, 9.17) is 9.97 Å². The summed E-state index contributed by atoms with van der Waals surface area (Å²) in [5.74, 6) is 1.59. The number of thiophene rings is 1. The Kier molecular flexibility index (Phi) is 3.84. The molecule has 0 fully saturated rings. The zero-order valence-electron chi connectivity index (χ0n) is 14.8. The molecule has 0 atom stereocenters. The van der Waals surface area contributed by atoms with Crippen LogP contribution in [0.5, 0.6) is 0 Å². The first kappa shape index (κ1) is 16.0. The minimum absolute atomic E-state index is 0.743. The van der Waals surface area contributed by atoms with Gasteiger partial charge in [-0.3, -0.25) is 0 Å². The van der Waals surface area contributed by atoms with Gasteiger partial charge in [-0.05, 0) is 24.4 Å². The largest absolute Gasteiger partial charge is 0.339 e. The van der Waals surface area contributed by atoms with E-state index in [0.717, 1.165) is 33.1 Å². The van der Waals surface area contributed by atoms with Crippen molar-refractivity contribution in [3.63, 3.8) is 0 Å². The molecule has 0 aliphatic carbocycles. The van der Waals surface area contributed by atoms with Crippen molar-refractivity contribution in [2.75, 3.05) is 5.32 Å². The number of fused-ring (bicyclic) bond motifs is 2. The molecule has 0 aliphatic heterocycles. The Balaban J connectivity index is 1.69. The van der Waals surface area contributed by atoms with Gasteiger partial charge < -0.3 is 5.32 Å². The van der Waals surface area contributed by atoms with Crippen LogP contribution in [-0.4, -0.2) is 9.97 Å². The highest BCUT2D eigenvalue weighted by Gasteiger charge is 2.13. The van der Waals surface area contributed by atoms with Crippen LogP contribution >= 0.6 is 11.3 Å². The molecule has 130 valence electrons. The van der Waals surface area contributed by atoms with Crippen LogP contribution in [0, 0.1) is 6.92 Å². The van der Waals surface area contributed by atoms with Crippen molar-refractivity contribution in [3.8, 4) is 11.4 Å². The fraction of sp³-hybridized carbons (Fsp3) is 0.0435. The zero-order chi connectivity index (χ0) is 18.2. The van der Waals surface area contributed by atoms with Gasteiger partial charge in [-0.15, -0.1) is 11.3 Å². The fourth-order valence-electron chi connectivity index (χ4n) is 3.32. The number of benzene rings is 3. The van der Waals surface area contributed by atoms with Gasteiger partial charge in [-0.2, -0.15) is 0 Å². The molecule has 4 heteroatoms. The second kappa shape index (κ2) is 6.49. The average molecular weight is 367 g/mol. The number of nitrogens with zero attached hydrogens (tertiary/aromatic N) is 2. The maximum absolute atomic E-state index is 4.87. The Labute approximate surface area is 161 Å². The minimum atomic E-state index is 0.743. The van der Waals surface area contributed by atoms with E-state index in [9.17, 15) is 0 Å². The van der Waals surface area contributed by atoms with Crippen molar-refractivity contribution in [3.05, 3.63) is 83.7 Å². The van der Waals surface area contributed by atoms with Gasteiger partial charge in [0.25, 0.3) is 0 Å². The van der Waals surface area contributed by atoms with Gasteiger partial charge in [0, 0.05) is 21.5 Å². The van der Waals surface area contributed by atoms with E-state index in [1.165, 1.54) is 15.6 Å². The van der Waals surface area contributed by atoms with E-state index in [2.05, 4.69) is 60.8 Å². The molecule has 0 radical (unpaired) electrons. The predicted octanol–water partition coefficient (Wildman–Crippen LogP) is 6.56. The second-order valence-electron chi connectivity index (χ2n) is 6.49. The van der Waals surface area contributed by atoms with Gasteiger partial charge in [0.2, 0.25) is 0 Å². The number of rotatable bonds is 3. The fourth-order valence-corrected chi connectivity index (χ4v) is 4.19. The predicted molar refractivity (Wildman–Crippen MR) is 115 cm³/mol. The Hall–Kier alpha value is -3.24. The molecule has 0 saturated carbocycles. The lowest BCUT2D eigenvalue weighted by Crippen LogP contribution is -1.98. The monoisotopic (exact) mass is 367 g/mol. The summed E-state index contributed by atoms with van der Waals surface area (Å²) in [7, 11) is 0. The third-order valence-corrected chi connectivity index (χ3v) is 5.54. The van der Waals surface area contributed by atoms with Gasteiger partial charge in [0.1, 0.15) is 10.6 Å². The first-order chi connectivity index (χ1) is 13.3. The van der Waals surface area contributed by atoms with Crippen molar-refractivity contribution in [1.82, 2.24) is 9.97 Å². The zero-order valence-corrected chi connectivity index (χ0v) is 15.6. The highest BCUT2D eigenvalue weighted by Crippen LogP contribution is 2.34. The van der Waals surface area contributed by atoms with Crippen LogP contribution in [0.1, 0.15) is 4.88 Å². The Bertz CT molecular complexity index is 1250. The van der Waals surface area contributed by atoms with Gasteiger partial charge in [0.05, 0.1) is 5.39 Å². The van der Waals surface area contributed by atoms with Crippen molar-refractivity contribution >= 4 is 43.8 Å². The number of aromatic nitrogens is 2. The maximum atomic E-state index is 4.87. The lowest BCUT2D eigenvalue weighted by Gasteiger charge is -2.11. The second-order valence-corrected chi connectivity index (χ2v) is 7.72. The first-order valence-electron chi connectivity index (χ1n) is 8.86. The molecule has 3 aromatic carbocycles. The third kappa shape index (κ3) is 2.94. The third-order valence-electron chi connectivity index (χ3n) is 4.59. The molecule has 2 heterocycles. The molecule has 1 N–H and O–H groups in total. The van der Waals surface area contributed by atoms with E-state index in [1.54, 1.807) is 11.3 Å². The molecule has 0 amide bonds. The van der Waals surface area contributed by atoms with Gasteiger partial charge in [0.15, 0.2) is 5.82 Å².